The van der Waals surface area contributed by atoms with Crippen molar-refractivity contribution in [2.75, 3.05) is 19.9 Å². The fraction of sp³-hybridized carbons (Fsp3) is 0.615. The lowest BCUT2D eigenvalue weighted by Crippen LogP contribution is -2.49. The molecule has 0 spiro atoms. The molecule has 0 radical (unpaired) electrons. The maximum atomic E-state index is 12.2. The Morgan fingerprint density at radius 1 is 1.62 bits per heavy atom. The molecular weight excluding hydrogens is 340 g/mol. The summed E-state index contributed by atoms with van der Waals surface area (Å²) in [6.07, 6.45) is 1.27. The molecule has 11 heteroatoms. The fourth-order valence-electron chi connectivity index (χ4n) is 1.70. The van der Waals surface area contributed by atoms with Crippen LogP contribution < -0.4 is 11.1 Å². The summed E-state index contributed by atoms with van der Waals surface area (Å²) in [5.41, 5.74) is 5.37. The van der Waals surface area contributed by atoms with E-state index < -0.39 is 50.1 Å². The number of guanidine groups is 1. The molecular formula is C13H21ClN6O4. The maximum absolute atomic E-state index is 12.2. The number of esters is 1. The quantitative estimate of drug-likeness (QED) is 0.392. The van der Waals surface area contributed by atoms with E-state index in [0.29, 0.717) is 0 Å². The van der Waals surface area contributed by atoms with Gasteiger partial charge >= 0.3 is 5.97 Å². The lowest BCUT2D eigenvalue weighted by molar-refractivity contribution is -0.148. The third-order valence-corrected chi connectivity index (χ3v) is 2.79. The van der Waals surface area contributed by atoms with Gasteiger partial charge in [-0.05, 0) is 5.89 Å². The number of amidine groups is 1. The molecule has 0 bridgehead atoms. The Morgan fingerprint density at radius 3 is 3.08 bits per heavy atom. The number of amides is 1. The lowest BCUT2D eigenvalue weighted by Gasteiger charge is -2.21. The first kappa shape index (κ1) is 10.7. The summed E-state index contributed by atoms with van der Waals surface area (Å²) >= 11 is 0. The molecule has 0 saturated carbocycles. The van der Waals surface area contributed by atoms with E-state index in [4.69, 9.17) is 26.8 Å². The number of nitrogens with two attached hydrogens (primary N) is 1. The molecule has 1 amide bonds. The monoisotopic (exact) mass is 368 g/mol. The SMILES string of the molecule is Cl.[2H]C([2H])([2H])C([2H])(C([2H])([2H])[2H])C([2H])(N)C(=O)OCCOCN1C=NC2C(=O)NC(=N)N=C21. The van der Waals surface area contributed by atoms with Gasteiger partial charge in [0.15, 0.2) is 6.04 Å². The minimum absolute atomic E-state index is 0. The van der Waals surface area contributed by atoms with E-state index in [2.05, 4.69) is 20.0 Å². The summed E-state index contributed by atoms with van der Waals surface area (Å²) in [6, 6.07) is -4.34. The van der Waals surface area contributed by atoms with Crippen molar-refractivity contribution in [2.24, 2.45) is 21.6 Å². The molecule has 2 atom stereocenters. The van der Waals surface area contributed by atoms with Gasteiger partial charge in [-0.3, -0.25) is 30.2 Å². The molecule has 2 aliphatic rings. The van der Waals surface area contributed by atoms with Crippen LogP contribution in [0.25, 0.3) is 0 Å². The molecule has 4 N–H and O–H groups in total. The number of rotatable bonds is 7. The number of halogens is 1. The van der Waals surface area contributed by atoms with Crippen LogP contribution in [0.1, 0.15) is 24.7 Å². The van der Waals surface area contributed by atoms with Crippen molar-refractivity contribution < 1.29 is 30.0 Å². The Hall–Kier alpha value is -2.04. The van der Waals surface area contributed by atoms with E-state index in [1.807, 2.05) is 0 Å². The Labute approximate surface area is 156 Å². The largest absolute Gasteiger partial charge is 0.462 e. The van der Waals surface area contributed by atoms with Crippen molar-refractivity contribution in [3.05, 3.63) is 0 Å². The first-order valence-corrected chi connectivity index (χ1v) is 6.36. The van der Waals surface area contributed by atoms with Crippen molar-refractivity contribution >= 4 is 42.4 Å². The van der Waals surface area contributed by atoms with E-state index in [0.717, 1.165) is 0 Å². The molecule has 2 unspecified atom stereocenters. The van der Waals surface area contributed by atoms with Crippen molar-refractivity contribution in [1.29, 1.82) is 5.41 Å². The van der Waals surface area contributed by atoms with Crippen LogP contribution in [-0.2, 0) is 19.1 Å². The number of ether oxygens (including phenoxy) is 2. The van der Waals surface area contributed by atoms with Crippen LogP contribution >= 0.6 is 12.4 Å². The standard InChI is InChI=1S/C13H20N6O4.ClH/c1-7(2)8(14)12(21)23-4-3-22-6-19-5-16-9-10(19)17-13(15)18-11(9)20;/h5,7-9H,3-4,6,14H2,1-2H3,(H2,15,18,20);1H/i1D3,2D3,7D,8D;. The molecule has 24 heavy (non-hydrogen) atoms. The smallest absolute Gasteiger partial charge is 0.323 e. The molecule has 2 rings (SSSR count). The normalized spacial score (nSPS) is 28.0. The first-order valence-electron chi connectivity index (χ1n) is 10.4. The Morgan fingerprint density at radius 2 is 2.38 bits per heavy atom. The zero-order valence-corrected chi connectivity index (χ0v) is 13.1. The van der Waals surface area contributed by atoms with Crippen molar-refractivity contribution in [3.63, 3.8) is 0 Å². The van der Waals surface area contributed by atoms with Gasteiger partial charge in [0.25, 0.3) is 5.91 Å². The summed E-state index contributed by atoms with van der Waals surface area (Å²) in [5.74, 6) is -6.09. The average molecular weight is 369 g/mol. The zero-order chi connectivity index (χ0) is 23.8. The highest BCUT2D eigenvalue weighted by Crippen LogP contribution is 2.11. The molecule has 0 fully saturated rings. The van der Waals surface area contributed by atoms with Gasteiger partial charge in [0.1, 0.15) is 25.2 Å². The highest BCUT2D eigenvalue weighted by molar-refractivity contribution is 6.23. The number of carbonyl (C=O) groups excluding carboxylic acids is 2. The van der Waals surface area contributed by atoms with Crippen LogP contribution in [0.15, 0.2) is 9.98 Å². The summed E-state index contributed by atoms with van der Waals surface area (Å²) in [6.45, 7) is -8.20. The molecule has 2 heterocycles. The second-order valence-corrected chi connectivity index (χ2v) is 4.41. The van der Waals surface area contributed by atoms with E-state index in [1.165, 1.54) is 11.2 Å². The first-order chi connectivity index (χ1) is 14.0. The summed E-state index contributed by atoms with van der Waals surface area (Å²) in [4.78, 5) is 32.9. The van der Waals surface area contributed by atoms with Crippen LogP contribution in [0.3, 0.4) is 0 Å². The highest BCUT2D eigenvalue weighted by Gasteiger charge is 2.36. The van der Waals surface area contributed by atoms with Crippen LogP contribution in [0.2, 0.25) is 0 Å². The number of fused-ring (bicyclic) bond motifs is 1. The van der Waals surface area contributed by atoms with Crippen LogP contribution in [0.4, 0.5) is 0 Å². The fourth-order valence-corrected chi connectivity index (χ4v) is 1.70. The number of hydrogen-bond acceptors (Lipinski definition) is 8. The predicted molar refractivity (Wildman–Crippen MR) is 89.3 cm³/mol. The van der Waals surface area contributed by atoms with E-state index >= 15 is 0 Å². The number of nitrogens with one attached hydrogen (secondary N) is 2. The van der Waals surface area contributed by atoms with Crippen molar-refractivity contribution in [1.82, 2.24) is 10.2 Å². The van der Waals surface area contributed by atoms with Gasteiger partial charge in [-0.25, -0.2) is 0 Å². The molecule has 2 aliphatic heterocycles. The topological polar surface area (TPSA) is 142 Å². The minimum atomic E-state index is -3.64. The van der Waals surface area contributed by atoms with Gasteiger partial charge < -0.3 is 15.2 Å². The molecule has 0 aliphatic carbocycles. The van der Waals surface area contributed by atoms with Gasteiger partial charge in [-0.2, -0.15) is 4.99 Å². The Balaban J connectivity index is 0.00000512. The van der Waals surface area contributed by atoms with Crippen LogP contribution in [-0.4, -0.2) is 66.9 Å². The number of carbonyl (C=O) groups is 2. The molecule has 0 aromatic rings. The Bertz CT molecular complexity index is 816. The lowest BCUT2D eigenvalue weighted by atomic mass is 10.1. The van der Waals surface area contributed by atoms with E-state index in [9.17, 15) is 9.59 Å². The highest BCUT2D eigenvalue weighted by atomic mass is 35.5. The number of aliphatic imine (C=N–C) groups is 2. The molecule has 10 nitrogen and oxygen atoms in total. The minimum Gasteiger partial charge on any atom is -0.462 e. The summed E-state index contributed by atoms with van der Waals surface area (Å²) in [5, 5.41) is 9.62. The third-order valence-electron chi connectivity index (χ3n) is 2.79. The zero-order valence-electron chi connectivity index (χ0n) is 20.2. The molecule has 134 valence electrons. The van der Waals surface area contributed by atoms with Gasteiger partial charge in [-0.15, -0.1) is 12.4 Å². The van der Waals surface area contributed by atoms with Gasteiger partial charge in [0.05, 0.1) is 14.3 Å². The number of nitrogens with zero attached hydrogens (tertiary/aromatic N) is 3. The average Bonchev–Trinajstić information content (AvgIpc) is 3.01. The molecule has 0 aromatic carbocycles. The molecule has 0 aromatic heterocycles. The van der Waals surface area contributed by atoms with Crippen LogP contribution in [0, 0.1) is 11.3 Å². The summed E-state index contributed by atoms with van der Waals surface area (Å²) < 4.78 is 69.4. The molecule has 0 saturated heterocycles. The second kappa shape index (κ2) is 8.71. The van der Waals surface area contributed by atoms with E-state index in [-0.39, 0.29) is 37.5 Å². The van der Waals surface area contributed by atoms with Gasteiger partial charge in [0.2, 0.25) is 5.96 Å². The van der Waals surface area contributed by atoms with E-state index in [1.54, 1.807) is 0 Å². The van der Waals surface area contributed by atoms with Gasteiger partial charge in [0, 0.05) is 9.60 Å². The summed E-state index contributed by atoms with van der Waals surface area (Å²) in [7, 11) is 0. The second-order valence-electron chi connectivity index (χ2n) is 4.41. The van der Waals surface area contributed by atoms with Crippen molar-refractivity contribution in [2.45, 2.75) is 25.8 Å². The predicted octanol–water partition coefficient (Wildman–Crippen LogP) is -0.916. The Kier molecular flexibility index (Phi) is 3.90. The third kappa shape index (κ3) is 4.73. The maximum Gasteiger partial charge on any atom is 0.323 e. The van der Waals surface area contributed by atoms with Gasteiger partial charge in [-0.1, -0.05) is 13.7 Å². The van der Waals surface area contributed by atoms with Crippen LogP contribution in [0.5, 0.6) is 0 Å². The van der Waals surface area contributed by atoms with Crippen molar-refractivity contribution in [3.8, 4) is 0 Å². The number of hydrogen-bond donors (Lipinski definition) is 3.